The van der Waals surface area contributed by atoms with Crippen LogP contribution in [0.15, 0.2) is 41.9 Å². The van der Waals surface area contributed by atoms with E-state index in [1.54, 1.807) is 11.3 Å². The number of benzene rings is 1. The predicted molar refractivity (Wildman–Crippen MR) is 78.9 cm³/mol. The van der Waals surface area contributed by atoms with E-state index in [1.165, 1.54) is 5.56 Å². The number of nitrogens with two attached hydrogens (primary N) is 1. The predicted octanol–water partition coefficient (Wildman–Crippen LogP) is 2.59. The van der Waals surface area contributed by atoms with E-state index in [2.05, 4.69) is 47.1 Å². The number of nitrogens with zero attached hydrogens (tertiary/aromatic N) is 2. The van der Waals surface area contributed by atoms with E-state index < -0.39 is 0 Å². The highest BCUT2D eigenvalue weighted by Crippen LogP contribution is 2.36. The van der Waals surface area contributed by atoms with Crippen molar-refractivity contribution < 1.29 is 0 Å². The first-order chi connectivity index (χ1) is 9.20. The minimum atomic E-state index is -0.289. The molecular formula is C15H19N3S. The molecule has 2 N–H and O–H groups in total. The molecule has 2 aromatic rings. The summed E-state index contributed by atoms with van der Waals surface area (Å²) in [5, 5.41) is 3.08. The van der Waals surface area contributed by atoms with Crippen molar-refractivity contribution in [2.45, 2.75) is 31.5 Å². The minimum Gasteiger partial charge on any atom is -0.318 e. The Labute approximate surface area is 118 Å². The third-order valence-electron chi connectivity index (χ3n) is 4.16. The van der Waals surface area contributed by atoms with Gasteiger partial charge in [0.25, 0.3) is 0 Å². The first kappa shape index (κ1) is 12.8. The van der Waals surface area contributed by atoms with E-state index in [-0.39, 0.29) is 5.54 Å². The molecule has 0 radical (unpaired) electrons. The maximum absolute atomic E-state index is 6.62. The molecule has 1 aliphatic rings. The molecule has 1 aliphatic heterocycles. The summed E-state index contributed by atoms with van der Waals surface area (Å²) in [5.74, 6) is 0. The van der Waals surface area contributed by atoms with E-state index in [0.29, 0.717) is 6.04 Å². The summed E-state index contributed by atoms with van der Waals surface area (Å²) in [6, 6.07) is 10.9. The highest BCUT2D eigenvalue weighted by atomic mass is 32.1. The van der Waals surface area contributed by atoms with Gasteiger partial charge in [0.2, 0.25) is 0 Å². The van der Waals surface area contributed by atoms with E-state index >= 15 is 0 Å². The maximum Gasteiger partial charge on any atom is 0.114 e. The van der Waals surface area contributed by atoms with E-state index in [4.69, 9.17) is 5.73 Å². The maximum atomic E-state index is 6.62. The normalized spacial score (nSPS) is 27.8. The Kier molecular flexibility index (Phi) is 3.39. The second-order valence-electron chi connectivity index (χ2n) is 5.26. The van der Waals surface area contributed by atoms with Gasteiger partial charge in [-0.15, -0.1) is 11.3 Å². The summed E-state index contributed by atoms with van der Waals surface area (Å²) < 4.78 is 0. The van der Waals surface area contributed by atoms with Crippen LogP contribution in [0.4, 0.5) is 0 Å². The molecule has 1 aromatic carbocycles. The summed E-state index contributed by atoms with van der Waals surface area (Å²) in [5.41, 5.74) is 7.68. The fourth-order valence-corrected chi connectivity index (χ4v) is 3.69. The van der Waals surface area contributed by atoms with Gasteiger partial charge in [-0.25, -0.2) is 4.98 Å². The molecule has 3 rings (SSSR count). The fraction of sp³-hybridized carbons (Fsp3) is 0.400. The zero-order chi connectivity index (χ0) is 13.3. The van der Waals surface area contributed by atoms with Gasteiger partial charge < -0.3 is 5.73 Å². The number of hydrogen-bond donors (Lipinski definition) is 1. The van der Waals surface area contributed by atoms with Crippen molar-refractivity contribution >= 4 is 11.3 Å². The Morgan fingerprint density at radius 2 is 2.21 bits per heavy atom. The standard InChI is InChI=1S/C15H19N3S/c1-12-15(16,14-17-8-10-19-14)7-9-18(12)11-13-5-3-2-4-6-13/h2-6,8,10,12H,7,9,11,16H2,1H3. The quantitative estimate of drug-likeness (QED) is 0.934. The number of aromatic nitrogens is 1. The van der Waals surface area contributed by atoms with Crippen LogP contribution in [0, 0.1) is 0 Å². The number of rotatable bonds is 3. The van der Waals surface area contributed by atoms with Crippen LogP contribution in [0.25, 0.3) is 0 Å². The van der Waals surface area contributed by atoms with Crippen LogP contribution in [-0.4, -0.2) is 22.5 Å². The molecule has 1 saturated heterocycles. The number of likely N-dealkylation sites (tertiary alicyclic amines) is 1. The molecule has 0 bridgehead atoms. The van der Waals surface area contributed by atoms with Crippen LogP contribution in [0.5, 0.6) is 0 Å². The zero-order valence-corrected chi connectivity index (χ0v) is 11.9. The number of thiazole rings is 1. The second kappa shape index (κ2) is 5.04. The molecule has 0 amide bonds. The molecule has 0 aliphatic carbocycles. The largest absolute Gasteiger partial charge is 0.318 e. The van der Waals surface area contributed by atoms with Gasteiger partial charge in [0, 0.05) is 30.7 Å². The first-order valence-electron chi connectivity index (χ1n) is 6.67. The molecule has 2 unspecified atom stereocenters. The second-order valence-corrected chi connectivity index (χ2v) is 6.15. The fourth-order valence-electron chi connectivity index (χ4n) is 2.83. The van der Waals surface area contributed by atoms with Gasteiger partial charge in [-0.3, -0.25) is 4.90 Å². The Morgan fingerprint density at radius 3 is 2.89 bits per heavy atom. The first-order valence-corrected chi connectivity index (χ1v) is 7.55. The smallest absolute Gasteiger partial charge is 0.114 e. The van der Waals surface area contributed by atoms with Gasteiger partial charge in [-0.05, 0) is 18.9 Å². The third kappa shape index (κ3) is 2.31. The van der Waals surface area contributed by atoms with Crippen molar-refractivity contribution in [3.8, 4) is 0 Å². The van der Waals surface area contributed by atoms with Gasteiger partial charge in [0.05, 0.1) is 5.54 Å². The summed E-state index contributed by atoms with van der Waals surface area (Å²) in [4.78, 5) is 6.88. The minimum absolute atomic E-state index is 0.289. The highest BCUT2D eigenvalue weighted by molar-refractivity contribution is 7.09. The van der Waals surface area contributed by atoms with Crippen molar-refractivity contribution in [3.63, 3.8) is 0 Å². The molecule has 3 nitrogen and oxygen atoms in total. The van der Waals surface area contributed by atoms with Crippen LogP contribution >= 0.6 is 11.3 Å². The lowest BCUT2D eigenvalue weighted by Crippen LogP contribution is -2.46. The molecule has 2 heterocycles. The van der Waals surface area contributed by atoms with Crippen LogP contribution in [0.2, 0.25) is 0 Å². The summed E-state index contributed by atoms with van der Waals surface area (Å²) in [6.07, 6.45) is 2.83. The van der Waals surface area contributed by atoms with Crippen molar-refractivity contribution in [1.82, 2.24) is 9.88 Å². The molecular weight excluding hydrogens is 254 g/mol. The summed E-state index contributed by atoms with van der Waals surface area (Å²) >= 11 is 1.67. The Bertz CT molecular complexity index is 526. The topological polar surface area (TPSA) is 42.1 Å². The van der Waals surface area contributed by atoms with Gasteiger partial charge in [-0.1, -0.05) is 30.3 Å². The van der Waals surface area contributed by atoms with Crippen LogP contribution in [0.1, 0.15) is 23.9 Å². The van der Waals surface area contributed by atoms with Crippen LogP contribution in [0.3, 0.4) is 0 Å². The summed E-state index contributed by atoms with van der Waals surface area (Å²) in [7, 11) is 0. The molecule has 2 atom stereocenters. The third-order valence-corrected chi connectivity index (χ3v) is 5.13. The van der Waals surface area contributed by atoms with Crippen molar-refractivity contribution in [2.75, 3.05) is 6.54 Å². The van der Waals surface area contributed by atoms with Crippen molar-refractivity contribution in [2.24, 2.45) is 5.73 Å². The lowest BCUT2D eigenvalue weighted by Gasteiger charge is -2.31. The van der Waals surface area contributed by atoms with E-state index in [9.17, 15) is 0 Å². The summed E-state index contributed by atoms with van der Waals surface area (Å²) in [6.45, 7) is 4.22. The van der Waals surface area contributed by atoms with Gasteiger partial charge in [0.15, 0.2) is 0 Å². The SMILES string of the molecule is CC1N(Cc2ccccc2)CCC1(N)c1nccs1. The Morgan fingerprint density at radius 1 is 1.42 bits per heavy atom. The van der Waals surface area contributed by atoms with Crippen LogP contribution < -0.4 is 5.73 Å². The molecule has 1 aromatic heterocycles. The van der Waals surface area contributed by atoms with Gasteiger partial charge >= 0.3 is 0 Å². The van der Waals surface area contributed by atoms with Crippen molar-refractivity contribution in [3.05, 3.63) is 52.5 Å². The average Bonchev–Trinajstić information content (AvgIpc) is 3.05. The molecule has 19 heavy (non-hydrogen) atoms. The number of hydrogen-bond acceptors (Lipinski definition) is 4. The lowest BCUT2D eigenvalue weighted by atomic mass is 9.93. The molecule has 1 fully saturated rings. The zero-order valence-electron chi connectivity index (χ0n) is 11.1. The van der Waals surface area contributed by atoms with Crippen LogP contribution in [-0.2, 0) is 12.1 Å². The Balaban J connectivity index is 1.77. The van der Waals surface area contributed by atoms with Gasteiger partial charge in [-0.2, -0.15) is 0 Å². The monoisotopic (exact) mass is 273 g/mol. The molecule has 0 saturated carbocycles. The molecule has 100 valence electrons. The van der Waals surface area contributed by atoms with Crippen molar-refractivity contribution in [1.29, 1.82) is 0 Å². The van der Waals surface area contributed by atoms with Gasteiger partial charge in [0.1, 0.15) is 5.01 Å². The lowest BCUT2D eigenvalue weighted by molar-refractivity contribution is 0.216. The Hall–Kier alpha value is -1.23. The van der Waals surface area contributed by atoms with E-state index in [0.717, 1.165) is 24.5 Å². The molecule has 4 heteroatoms. The average molecular weight is 273 g/mol. The van der Waals surface area contributed by atoms with E-state index in [1.807, 2.05) is 11.6 Å². The molecule has 0 spiro atoms. The highest BCUT2D eigenvalue weighted by Gasteiger charge is 2.44.